The molecule has 0 unspecified atom stereocenters. The van der Waals surface area contributed by atoms with Crippen molar-refractivity contribution in [3.8, 4) is 0 Å². The van der Waals surface area contributed by atoms with E-state index in [0.29, 0.717) is 11.6 Å². The first kappa shape index (κ1) is 16.6. The van der Waals surface area contributed by atoms with E-state index in [-0.39, 0.29) is 23.0 Å². The summed E-state index contributed by atoms with van der Waals surface area (Å²) in [6.07, 6.45) is -3.21. The van der Waals surface area contributed by atoms with Gasteiger partial charge in [-0.15, -0.1) is 0 Å². The zero-order valence-corrected chi connectivity index (χ0v) is 12.9. The molecule has 4 N–H and O–H groups in total. The van der Waals surface area contributed by atoms with E-state index in [1.165, 1.54) is 18.5 Å². The average molecular weight is 350 g/mol. The van der Waals surface area contributed by atoms with Crippen LogP contribution in [-0.2, 0) is 6.18 Å². The Morgan fingerprint density at radius 1 is 1.08 bits per heavy atom. The highest BCUT2D eigenvalue weighted by Crippen LogP contribution is 2.32. The van der Waals surface area contributed by atoms with Crippen molar-refractivity contribution >= 4 is 28.8 Å². The normalized spacial score (nSPS) is 11.4. The molecular formula is C15H13F3N6O. The highest BCUT2D eigenvalue weighted by Gasteiger charge is 2.30. The van der Waals surface area contributed by atoms with Crippen LogP contribution in [0.4, 0.5) is 42.0 Å². The van der Waals surface area contributed by atoms with Crippen LogP contribution in [0, 0.1) is 6.92 Å². The summed E-state index contributed by atoms with van der Waals surface area (Å²) in [5.74, 6) is 1.40. The van der Waals surface area contributed by atoms with Crippen LogP contribution in [-0.4, -0.2) is 15.1 Å². The van der Waals surface area contributed by atoms with E-state index >= 15 is 0 Å². The van der Waals surface area contributed by atoms with E-state index in [4.69, 9.17) is 10.3 Å². The standard InChI is InChI=1S/C15H13F3N6O/c1-8-5-11(24-25-8)23-14-12(19)13(20-7-21-14)22-10-4-2-3-9(6-10)15(16,17)18/h2-7H,19H2,1H3,(H2,20,21,22,23,24). The summed E-state index contributed by atoms with van der Waals surface area (Å²) in [7, 11) is 0. The zero-order chi connectivity index (χ0) is 18.0. The lowest BCUT2D eigenvalue weighted by Gasteiger charge is -2.13. The second-order valence-corrected chi connectivity index (χ2v) is 5.14. The van der Waals surface area contributed by atoms with Crippen molar-refractivity contribution in [2.75, 3.05) is 16.4 Å². The van der Waals surface area contributed by atoms with E-state index in [2.05, 4.69) is 25.8 Å². The van der Waals surface area contributed by atoms with Crippen LogP contribution in [0.2, 0.25) is 0 Å². The van der Waals surface area contributed by atoms with E-state index < -0.39 is 11.7 Å². The van der Waals surface area contributed by atoms with Gasteiger partial charge in [0.25, 0.3) is 0 Å². The first-order valence-corrected chi connectivity index (χ1v) is 7.08. The summed E-state index contributed by atoms with van der Waals surface area (Å²) in [5, 5.41) is 9.37. The molecule has 25 heavy (non-hydrogen) atoms. The number of aromatic nitrogens is 3. The summed E-state index contributed by atoms with van der Waals surface area (Å²) >= 11 is 0. The summed E-state index contributed by atoms with van der Waals surface area (Å²) in [4.78, 5) is 7.95. The quantitative estimate of drug-likeness (QED) is 0.656. The van der Waals surface area contributed by atoms with Gasteiger partial charge in [-0.2, -0.15) is 13.2 Å². The molecule has 1 aromatic carbocycles. The molecule has 0 saturated heterocycles. The number of benzene rings is 1. The second kappa shape index (κ2) is 6.30. The third-order valence-electron chi connectivity index (χ3n) is 3.21. The van der Waals surface area contributed by atoms with Gasteiger partial charge in [-0.05, 0) is 25.1 Å². The predicted octanol–water partition coefficient (Wildman–Crippen LogP) is 3.86. The number of rotatable bonds is 4. The summed E-state index contributed by atoms with van der Waals surface area (Å²) < 4.78 is 43.3. The van der Waals surface area contributed by atoms with Crippen LogP contribution in [0.15, 0.2) is 41.2 Å². The Hall–Kier alpha value is -3.30. The zero-order valence-electron chi connectivity index (χ0n) is 12.9. The Morgan fingerprint density at radius 2 is 1.80 bits per heavy atom. The fourth-order valence-corrected chi connectivity index (χ4v) is 2.05. The van der Waals surface area contributed by atoms with Crippen LogP contribution >= 0.6 is 0 Å². The van der Waals surface area contributed by atoms with Gasteiger partial charge in [-0.3, -0.25) is 0 Å². The summed E-state index contributed by atoms with van der Waals surface area (Å²) in [6, 6.07) is 6.36. The minimum Gasteiger partial charge on any atom is -0.393 e. The predicted molar refractivity (Wildman–Crippen MR) is 85.7 cm³/mol. The maximum absolute atomic E-state index is 12.8. The molecule has 0 aliphatic heterocycles. The molecule has 0 aliphatic rings. The molecule has 10 heteroatoms. The fourth-order valence-electron chi connectivity index (χ4n) is 2.05. The van der Waals surface area contributed by atoms with Crippen molar-refractivity contribution in [2.45, 2.75) is 13.1 Å². The molecule has 0 saturated carbocycles. The third-order valence-corrected chi connectivity index (χ3v) is 3.21. The van der Waals surface area contributed by atoms with Gasteiger partial charge in [0.2, 0.25) is 0 Å². The molecule has 3 rings (SSSR count). The molecule has 0 aliphatic carbocycles. The minimum absolute atomic E-state index is 0.126. The fraction of sp³-hybridized carbons (Fsp3) is 0.133. The average Bonchev–Trinajstić information content (AvgIpc) is 2.96. The monoisotopic (exact) mass is 350 g/mol. The van der Waals surface area contributed by atoms with Gasteiger partial charge in [0, 0.05) is 11.8 Å². The smallest absolute Gasteiger partial charge is 0.393 e. The molecule has 0 amide bonds. The molecule has 130 valence electrons. The van der Waals surface area contributed by atoms with E-state index in [0.717, 1.165) is 12.1 Å². The molecular weight excluding hydrogens is 337 g/mol. The first-order valence-electron chi connectivity index (χ1n) is 7.08. The minimum atomic E-state index is -4.44. The maximum atomic E-state index is 12.8. The van der Waals surface area contributed by atoms with Crippen LogP contribution in [0.5, 0.6) is 0 Å². The van der Waals surface area contributed by atoms with Crippen LogP contribution in [0.3, 0.4) is 0 Å². The van der Waals surface area contributed by atoms with E-state index in [1.54, 1.807) is 13.0 Å². The number of nitrogens with zero attached hydrogens (tertiary/aromatic N) is 3. The lowest BCUT2D eigenvalue weighted by molar-refractivity contribution is -0.137. The molecule has 0 atom stereocenters. The van der Waals surface area contributed by atoms with Crippen molar-refractivity contribution < 1.29 is 17.7 Å². The van der Waals surface area contributed by atoms with Gasteiger partial charge >= 0.3 is 6.18 Å². The molecule has 0 radical (unpaired) electrons. The topological polar surface area (TPSA) is 102 Å². The molecule has 0 spiro atoms. The molecule has 2 heterocycles. The van der Waals surface area contributed by atoms with Gasteiger partial charge < -0.3 is 20.9 Å². The third kappa shape index (κ3) is 3.79. The maximum Gasteiger partial charge on any atom is 0.416 e. The van der Waals surface area contributed by atoms with Crippen LogP contribution in [0.1, 0.15) is 11.3 Å². The van der Waals surface area contributed by atoms with Gasteiger partial charge in [-0.1, -0.05) is 11.2 Å². The lowest BCUT2D eigenvalue weighted by Crippen LogP contribution is -2.07. The van der Waals surface area contributed by atoms with Gasteiger partial charge in [0.05, 0.1) is 5.56 Å². The Balaban J connectivity index is 1.85. The van der Waals surface area contributed by atoms with Gasteiger partial charge in [-0.25, -0.2) is 9.97 Å². The number of anilines is 5. The Labute approximate surface area is 140 Å². The number of aryl methyl sites for hydroxylation is 1. The van der Waals surface area contributed by atoms with Crippen LogP contribution < -0.4 is 16.4 Å². The van der Waals surface area contributed by atoms with E-state index in [9.17, 15) is 13.2 Å². The van der Waals surface area contributed by atoms with Crippen molar-refractivity contribution in [3.05, 3.63) is 48.0 Å². The van der Waals surface area contributed by atoms with Crippen molar-refractivity contribution in [2.24, 2.45) is 0 Å². The van der Waals surface area contributed by atoms with Crippen molar-refractivity contribution in [1.29, 1.82) is 0 Å². The SMILES string of the molecule is Cc1cc(Nc2ncnc(Nc3cccc(C(F)(F)F)c3)c2N)no1. The Bertz CT molecular complexity index is 893. The molecule has 3 aromatic rings. The van der Waals surface area contributed by atoms with Crippen molar-refractivity contribution in [3.63, 3.8) is 0 Å². The first-order chi connectivity index (χ1) is 11.8. The highest BCUT2D eigenvalue weighted by atomic mass is 19.4. The van der Waals surface area contributed by atoms with Crippen LogP contribution in [0.25, 0.3) is 0 Å². The summed E-state index contributed by atoms with van der Waals surface area (Å²) in [6.45, 7) is 1.72. The van der Waals surface area contributed by atoms with Crippen molar-refractivity contribution in [1.82, 2.24) is 15.1 Å². The number of hydrogen-bond acceptors (Lipinski definition) is 7. The highest BCUT2D eigenvalue weighted by molar-refractivity contribution is 5.79. The molecule has 2 aromatic heterocycles. The van der Waals surface area contributed by atoms with Gasteiger partial charge in [0.15, 0.2) is 17.5 Å². The number of hydrogen-bond donors (Lipinski definition) is 3. The molecule has 0 bridgehead atoms. The number of alkyl halides is 3. The molecule has 0 fully saturated rings. The molecule has 7 nitrogen and oxygen atoms in total. The number of nitrogens with two attached hydrogens (primary N) is 1. The Morgan fingerprint density at radius 3 is 2.44 bits per heavy atom. The number of nitrogens with one attached hydrogen (secondary N) is 2. The largest absolute Gasteiger partial charge is 0.416 e. The Kier molecular flexibility index (Phi) is 4.17. The number of nitrogen functional groups attached to an aromatic ring is 1. The number of halogens is 3. The van der Waals surface area contributed by atoms with E-state index in [1.807, 2.05) is 0 Å². The lowest BCUT2D eigenvalue weighted by atomic mass is 10.2. The second-order valence-electron chi connectivity index (χ2n) is 5.14. The summed E-state index contributed by atoms with van der Waals surface area (Å²) in [5.41, 5.74) is 5.53. The van der Waals surface area contributed by atoms with Gasteiger partial charge in [0.1, 0.15) is 17.8 Å².